The maximum atomic E-state index is 5.10. The van der Waals surface area contributed by atoms with Crippen LogP contribution in [0.4, 0.5) is 5.95 Å². The van der Waals surface area contributed by atoms with Crippen LogP contribution in [0.3, 0.4) is 0 Å². The molecule has 0 spiro atoms. The van der Waals surface area contributed by atoms with E-state index in [1.807, 2.05) is 0 Å². The third-order valence-corrected chi connectivity index (χ3v) is 0.513. The summed E-state index contributed by atoms with van der Waals surface area (Å²) in [7, 11) is 0. The average Bonchev–Trinajstić information content (AvgIpc) is 1.69. The Bertz CT molecular complexity index is 141. The van der Waals surface area contributed by atoms with E-state index < -0.39 is 0 Å². The number of nitrogens with two attached hydrogens (primary N) is 1. The minimum atomic E-state index is 0. The molecule has 4 nitrogen and oxygen atoms in total. The molecule has 0 radical (unpaired) electrons. The number of hydrogen-bond acceptors (Lipinski definition) is 4. The fourth-order valence-electron chi connectivity index (χ4n) is 0.248. The maximum absolute atomic E-state index is 5.10. The van der Waals surface area contributed by atoms with E-state index in [1.54, 1.807) is 0 Å². The summed E-state index contributed by atoms with van der Waals surface area (Å²) in [4.78, 5) is 10.6. The summed E-state index contributed by atoms with van der Waals surface area (Å²) in [5, 5.41) is 0. The molecule has 0 unspecified atom stereocenters. The summed E-state index contributed by atoms with van der Waals surface area (Å²) in [6.07, 6.45) is 2.70. The van der Waals surface area contributed by atoms with Gasteiger partial charge in [-0.1, -0.05) is 0 Å². The van der Waals surface area contributed by atoms with Crippen molar-refractivity contribution in [3.05, 3.63) is 12.7 Å². The van der Waals surface area contributed by atoms with Crippen molar-refractivity contribution in [2.45, 2.75) is 0 Å². The van der Waals surface area contributed by atoms with E-state index in [0.29, 0.717) is 0 Å². The standard InChI is InChI=1S/C3H4N4.Bi.3H/c4-3-6-1-5-2-7-3;;;;/h1-2H,(H2,4,5,6,7);;;;. The number of rotatable bonds is 0. The van der Waals surface area contributed by atoms with Gasteiger partial charge in [0.15, 0.2) is 0 Å². The number of nitrogen functional groups attached to an aromatic ring is 1. The van der Waals surface area contributed by atoms with Crippen LogP contribution in [0.25, 0.3) is 0 Å². The van der Waals surface area contributed by atoms with Crippen molar-refractivity contribution in [1.29, 1.82) is 0 Å². The predicted molar refractivity (Wildman–Crippen MR) is 34.2 cm³/mol. The van der Waals surface area contributed by atoms with Gasteiger partial charge in [-0.25, -0.2) is 15.0 Å². The first-order valence-electron chi connectivity index (χ1n) is 1.77. The topological polar surface area (TPSA) is 64.7 Å². The fraction of sp³-hybridized carbons (Fsp3) is 0. The van der Waals surface area contributed by atoms with Gasteiger partial charge in [0, 0.05) is 0 Å². The molecule has 0 bridgehead atoms. The molecule has 1 aromatic rings. The van der Waals surface area contributed by atoms with Crippen LogP contribution in [-0.4, -0.2) is 41.2 Å². The van der Waals surface area contributed by atoms with Crippen LogP contribution in [0.5, 0.6) is 0 Å². The van der Waals surface area contributed by atoms with Crippen molar-refractivity contribution in [2.24, 2.45) is 0 Å². The molecule has 1 heterocycles. The van der Waals surface area contributed by atoms with Crippen molar-refractivity contribution in [1.82, 2.24) is 15.0 Å². The van der Waals surface area contributed by atoms with E-state index in [2.05, 4.69) is 15.0 Å². The molecule has 0 amide bonds. The molecule has 0 aliphatic rings. The number of hydrogen-bond donors (Lipinski definition) is 1. The number of aromatic nitrogens is 3. The second-order valence-electron chi connectivity index (χ2n) is 0.996. The first kappa shape index (κ1) is 7.69. The molecule has 0 aliphatic heterocycles. The summed E-state index contributed by atoms with van der Waals surface area (Å²) in [6.45, 7) is 0. The molecule has 8 heavy (non-hydrogen) atoms. The fourth-order valence-corrected chi connectivity index (χ4v) is 0.248. The van der Waals surface area contributed by atoms with Crippen molar-refractivity contribution in [3.8, 4) is 0 Å². The third-order valence-electron chi connectivity index (χ3n) is 0.513. The molecule has 1 aromatic heterocycles. The molecule has 0 aromatic carbocycles. The van der Waals surface area contributed by atoms with E-state index >= 15 is 0 Å². The second kappa shape index (κ2) is 3.67. The van der Waals surface area contributed by atoms with Gasteiger partial charge >= 0.3 is 26.2 Å². The second-order valence-corrected chi connectivity index (χ2v) is 0.996. The summed E-state index contributed by atoms with van der Waals surface area (Å²) >= 11 is 0. The molecular weight excluding hydrogens is 301 g/mol. The van der Waals surface area contributed by atoms with E-state index in [9.17, 15) is 0 Å². The molecule has 5 heteroatoms. The van der Waals surface area contributed by atoms with Crippen LogP contribution in [0.2, 0.25) is 0 Å². The van der Waals surface area contributed by atoms with Crippen LogP contribution in [-0.2, 0) is 0 Å². The van der Waals surface area contributed by atoms with Crippen LogP contribution in [0, 0.1) is 0 Å². The van der Waals surface area contributed by atoms with Gasteiger partial charge in [-0.2, -0.15) is 0 Å². The Morgan fingerprint density at radius 1 is 1.25 bits per heavy atom. The van der Waals surface area contributed by atoms with E-state index in [1.165, 1.54) is 12.7 Å². The minimum absolute atomic E-state index is 0. The predicted octanol–water partition coefficient (Wildman–Crippen LogP) is -1.73. The molecular formula is C3H7BiN4. The molecule has 0 saturated heterocycles. The average molecular weight is 308 g/mol. The van der Waals surface area contributed by atoms with Crippen molar-refractivity contribution in [3.63, 3.8) is 0 Å². The zero-order valence-corrected chi connectivity index (χ0v) is 9.78. The van der Waals surface area contributed by atoms with Crippen molar-refractivity contribution in [2.75, 3.05) is 5.73 Å². The monoisotopic (exact) mass is 308 g/mol. The summed E-state index contributed by atoms with van der Waals surface area (Å²) < 4.78 is 0. The van der Waals surface area contributed by atoms with Gasteiger partial charge in [0.05, 0.1) is 0 Å². The van der Waals surface area contributed by atoms with E-state index in [-0.39, 0.29) is 32.2 Å². The Labute approximate surface area is 65.7 Å². The number of nitrogens with zero attached hydrogens (tertiary/aromatic N) is 3. The summed E-state index contributed by atoms with van der Waals surface area (Å²) in [6, 6.07) is 0. The van der Waals surface area contributed by atoms with Gasteiger partial charge in [0.1, 0.15) is 12.7 Å². The molecule has 0 aliphatic carbocycles. The molecule has 1 rings (SSSR count). The first-order valence-corrected chi connectivity index (χ1v) is 1.77. The van der Waals surface area contributed by atoms with Crippen LogP contribution in [0.1, 0.15) is 0 Å². The van der Waals surface area contributed by atoms with Gasteiger partial charge < -0.3 is 5.73 Å². The summed E-state index contributed by atoms with van der Waals surface area (Å²) in [5.41, 5.74) is 5.10. The van der Waals surface area contributed by atoms with Crippen molar-refractivity contribution < 1.29 is 0 Å². The van der Waals surface area contributed by atoms with Crippen LogP contribution >= 0.6 is 0 Å². The Hall–Kier alpha value is -0.307. The van der Waals surface area contributed by atoms with Crippen molar-refractivity contribution >= 4 is 32.2 Å². The molecule has 0 saturated carbocycles. The van der Waals surface area contributed by atoms with Gasteiger partial charge in [0.25, 0.3) is 0 Å². The Morgan fingerprint density at radius 3 is 2.00 bits per heavy atom. The first-order chi connectivity index (χ1) is 3.39. The zero-order chi connectivity index (χ0) is 5.11. The van der Waals surface area contributed by atoms with Gasteiger partial charge in [-0.3, -0.25) is 0 Å². The normalized spacial score (nSPS) is 7.50. The summed E-state index contributed by atoms with van der Waals surface area (Å²) in [5.74, 6) is 0.259. The van der Waals surface area contributed by atoms with Crippen LogP contribution in [0.15, 0.2) is 12.7 Å². The molecule has 2 N–H and O–H groups in total. The van der Waals surface area contributed by atoms with Gasteiger partial charge in [0.2, 0.25) is 5.95 Å². The quantitative estimate of drug-likeness (QED) is 0.579. The zero-order valence-electron chi connectivity index (χ0n) is 4.28. The van der Waals surface area contributed by atoms with E-state index in [0.717, 1.165) is 0 Å². The SMILES string of the molecule is Nc1ncncn1.[BiH3]. The molecule has 0 fully saturated rings. The van der Waals surface area contributed by atoms with E-state index in [4.69, 9.17) is 5.73 Å². The van der Waals surface area contributed by atoms with Gasteiger partial charge in [-0.05, 0) is 0 Å². The Balaban J connectivity index is 0.000000490. The molecule has 0 atom stereocenters. The Morgan fingerprint density at radius 2 is 1.75 bits per heavy atom. The Kier molecular flexibility index (Phi) is 3.52. The van der Waals surface area contributed by atoms with Gasteiger partial charge in [-0.15, -0.1) is 0 Å². The molecule has 44 valence electrons. The van der Waals surface area contributed by atoms with Crippen LogP contribution < -0.4 is 5.73 Å². The number of anilines is 1. The third kappa shape index (κ3) is 2.12.